The number of non-ortho nitro benzene ring substituents is 1. The first-order valence-electron chi connectivity index (χ1n) is 7.38. The van der Waals surface area contributed by atoms with Crippen LogP contribution in [-0.2, 0) is 4.79 Å². The van der Waals surface area contributed by atoms with Crippen molar-refractivity contribution in [3.8, 4) is 11.5 Å². The molecule has 0 spiro atoms. The summed E-state index contributed by atoms with van der Waals surface area (Å²) in [6.07, 6.45) is -0.956. The minimum Gasteiger partial charge on any atom is -0.506 e. The number of carbonyl (C=O) groups is 1. The third-order valence-electron chi connectivity index (χ3n) is 3.24. The van der Waals surface area contributed by atoms with E-state index >= 15 is 0 Å². The average Bonchev–Trinajstić information content (AvgIpc) is 2.58. The van der Waals surface area contributed by atoms with Gasteiger partial charge in [-0.1, -0.05) is 23.2 Å². The van der Waals surface area contributed by atoms with Crippen molar-refractivity contribution in [2.75, 3.05) is 5.32 Å². The van der Waals surface area contributed by atoms with E-state index in [1.54, 1.807) is 6.07 Å². The van der Waals surface area contributed by atoms with Gasteiger partial charge in [-0.25, -0.2) is 0 Å². The normalized spacial score (nSPS) is 11.4. The summed E-state index contributed by atoms with van der Waals surface area (Å²) in [5.74, 6) is -0.600. The van der Waals surface area contributed by atoms with Crippen molar-refractivity contribution in [2.45, 2.75) is 13.0 Å². The SMILES string of the molecule is CC(Oc1ccc(Cl)cc1Cl)C(=O)NC(=S)Nc1cc([N+](=O)[O-])ccc1O. The molecular weight excluding hydrogens is 417 g/mol. The predicted molar refractivity (Wildman–Crippen MR) is 106 cm³/mol. The van der Waals surface area contributed by atoms with Crippen LogP contribution in [0.4, 0.5) is 11.4 Å². The molecule has 0 aliphatic carbocycles. The van der Waals surface area contributed by atoms with Crippen LogP contribution in [0, 0.1) is 10.1 Å². The molecular formula is C16H13Cl2N3O5S. The van der Waals surface area contributed by atoms with Crippen LogP contribution in [0.5, 0.6) is 11.5 Å². The van der Waals surface area contributed by atoms with E-state index in [1.807, 2.05) is 0 Å². The molecule has 27 heavy (non-hydrogen) atoms. The molecule has 3 N–H and O–H groups in total. The maximum Gasteiger partial charge on any atom is 0.271 e. The van der Waals surface area contributed by atoms with Crippen LogP contribution in [0.2, 0.25) is 10.0 Å². The summed E-state index contributed by atoms with van der Waals surface area (Å²) < 4.78 is 5.46. The molecule has 142 valence electrons. The van der Waals surface area contributed by atoms with Gasteiger partial charge in [0.05, 0.1) is 15.6 Å². The molecule has 0 heterocycles. The third-order valence-corrected chi connectivity index (χ3v) is 3.98. The number of hydrogen-bond acceptors (Lipinski definition) is 6. The van der Waals surface area contributed by atoms with Crippen LogP contribution < -0.4 is 15.4 Å². The Kier molecular flexibility index (Phi) is 6.78. The number of amides is 1. The quantitative estimate of drug-likeness (QED) is 0.285. The third kappa shape index (κ3) is 5.68. The highest BCUT2D eigenvalue weighted by Gasteiger charge is 2.18. The molecule has 1 atom stereocenters. The number of nitrogens with zero attached hydrogens (tertiary/aromatic N) is 1. The van der Waals surface area contributed by atoms with E-state index in [9.17, 15) is 20.0 Å². The van der Waals surface area contributed by atoms with Crippen molar-refractivity contribution in [1.82, 2.24) is 5.32 Å². The zero-order valence-corrected chi connectivity index (χ0v) is 16.1. The lowest BCUT2D eigenvalue weighted by Crippen LogP contribution is -2.42. The molecule has 0 fully saturated rings. The standard InChI is InChI=1S/C16H13Cl2N3O5S/c1-8(26-14-5-2-9(17)6-11(14)18)15(23)20-16(27)19-12-7-10(21(24)25)3-4-13(12)22/h2-8,22H,1H3,(H2,19,20,23,27). The first-order chi connectivity index (χ1) is 12.7. The van der Waals surface area contributed by atoms with Gasteiger partial charge in [0.1, 0.15) is 11.5 Å². The van der Waals surface area contributed by atoms with Crippen LogP contribution in [-0.4, -0.2) is 27.2 Å². The number of halogens is 2. The molecule has 2 aromatic carbocycles. The Morgan fingerprint density at radius 1 is 1.30 bits per heavy atom. The molecule has 8 nitrogen and oxygen atoms in total. The van der Waals surface area contributed by atoms with Gasteiger partial charge < -0.3 is 15.2 Å². The van der Waals surface area contributed by atoms with Crippen molar-refractivity contribution < 1.29 is 19.6 Å². The number of nitro groups is 1. The van der Waals surface area contributed by atoms with Crippen molar-refractivity contribution in [1.29, 1.82) is 0 Å². The molecule has 0 bridgehead atoms. The number of carbonyl (C=O) groups excluding carboxylic acids is 1. The Morgan fingerprint density at radius 3 is 2.63 bits per heavy atom. The maximum atomic E-state index is 12.2. The summed E-state index contributed by atoms with van der Waals surface area (Å²) >= 11 is 16.8. The average molecular weight is 430 g/mol. The summed E-state index contributed by atoms with van der Waals surface area (Å²) in [6, 6.07) is 7.91. The number of aromatic hydroxyl groups is 1. The Bertz CT molecular complexity index is 910. The molecule has 1 amide bonds. The lowest BCUT2D eigenvalue weighted by Gasteiger charge is -2.17. The van der Waals surface area contributed by atoms with Crippen LogP contribution in [0.15, 0.2) is 36.4 Å². The Labute approximate surface area is 169 Å². The second kappa shape index (κ2) is 8.85. The minimum atomic E-state index is -0.956. The number of benzene rings is 2. The molecule has 0 aliphatic rings. The van der Waals surface area contributed by atoms with Gasteiger partial charge >= 0.3 is 0 Å². The van der Waals surface area contributed by atoms with Gasteiger partial charge in [0.15, 0.2) is 11.2 Å². The number of phenols is 1. The fourth-order valence-electron chi connectivity index (χ4n) is 1.92. The van der Waals surface area contributed by atoms with E-state index in [-0.39, 0.29) is 33.0 Å². The van der Waals surface area contributed by atoms with E-state index in [0.29, 0.717) is 5.02 Å². The summed E-state index contributed by atoms with van der Waals surface area (Å²) in [4.78, 5) is 22.4. The molecule has 0 aromatic heterocycles. The smallest absolute Gasteiger partial charge is 0.271 e. The zero-order valence-electron chi connectivity index (χ0n) is 13.7. The Balaban J connectivity index is 1.99. The Morgan fingerprint density at radius 2 is 2.00 bits per heavy atom. The molecule has 0 saturated carbocycles. The molecule has 2 rings (SSSR count). The van der Waals surface area contributed by atoms with Gasteiger partial charge in [-0.15, -0.1) is 0 Å². The van der Waals surface area contributed by atoms with Gasteiger partial charge in [0.25, 0.3) is 11.6 Å². The molecule has 0 aliphatic heterocycles. The topological polar surface area (TPSA) is 114 Å². The predicted octanol–water partition coefficient (Wildman–Crippen LogP) is 3.89. The van der Waals surface area contributed by atoms with E-state index < -0.39 is 16.9 Å². The van der Waals surface area contributed by atoms with E-state index in [4.69, 9.17) is 40.2 Å². The van der Waals surface area contributed by atoms with Gasteiger partial charge in [-0.3, -0.25) is 20.2 Å². The van der Waals surface area contributed by atoms with Gasteiger partial charge in [0, 0.05) is 17.2 Å². The lowest BCUT2D eigenvalue weighted by molar-refractivity contribution is -0.384. The summed E-state index contributed by atoms with van der Waals surface area (Å²) in [5, 5.41) is 25.9. The van der Waals surface area contributed by atoms with Crippen molar-refractivity contribution in [3.05, 3.63) is 56.6 Å². The number of ether oxygens (including phenoxy) is 1. The van der Waals surface area contributed by atoms with Crippen molar-refractivity contribution >= 4 is 57.8 Å². The fourth-order valence-corrected chi connectivity index (χ4v) is 2.58. The van der Waals surface area contributed by atoms with Crippen LogP contribution in [0.3, 0.4) is 0 Å². The molecule has 0 saturated heterocycles. The van der Waals surface area contributed by atoms with Crippen LogP contribution >= 0.6 is 35.4 Å². The second-order valence-corrected chi connectivity index (χ2v) is 6.49. The number of phenolic OH excluding ortho intramolecular Hbond substituents is 1. The minimum absolute atomic E-state index is 0.0242. The molecule has 1 unspecified atom stereocenters. The summed E-state index contributed by atoms with van der Waals surface area (Å²) in [5.41, 5.74) is -0.276. The van der Waals surface area contributed by atoms with E-state index in [2.05, 4.69) is 10.6 Å². The van der Waals surface area contributed by atoms with Gasteiger partial charge in [-0.05, 0) is 43.4 Å². The molecule has 2 aromatic rings. The number of nitrogens with one attached hydrogen (secondary N) is 2. The number of anilines is 1. The molecule has 11 heteroatoms. The van der Waals surface area contributed by atoms with Gasteiger partial charge in [-0.2, -0.15) is 0 Å². The number of nitro benzene ring substituents is 1. The van der Waals surface area contributed by atoms with E-state index in [0.717, 1.165) is 18.2 Å². The first-order valence-corrected chi connectivity index (χ1v) is 8.54. The Hall–Kier alpha value is -2.62. The lowest BCUT2D eigenvalue weighted by atomic mass is 10.2. The number of hydrogen-bond donors (Lipinski definition) is 3. The first kappa shape index (κ1) is 20.7. The van der Waals surface area contributed by atoms with E-state index in [1.165, 1.54) is 19.1 Å². The van der Waals surface area contributed by atoms with Gasteiger partial charge in [0.2, 0.25) is 0 Å². The highest BCUT2D eigenvalue weighted by Crippen LogP contribution is 2.29. The van der Waals surface area contributed by atoms with Crippen molar-refractivity contribution in [3.63, 3.8) is 0 Å². The summed E-state index contributed by atoms with van der Waals surface area (Å²) in [7, 11) is 0. The van der Waals surface area contributed by atoms with Crippen LogP contribution in [0.1, 0.15) is 6.92 Å². The molecule has 0 radical (unpaired) electrons. The van der Waals surface area contributed by atoms with Crippen LogP contribution in [0.25, 0.3) is 0 Å². The zero-order chi connectivity index (χ0) is 20.1. The fraction of sp³-hybridized carbons (Fsp3) is 0.125. The monoisotopic (exact) mass is 429 g/mol. The number of rotatable bonds is 5. The highest BCUT2D eigenvalue weighted by atomic mass is 35.5. The highest BCUT2D eigenvalue weighted by molar-refractivity contribution is 7.80. The number of thiocarbonyl (C=S) groups is 1. The summed E-state index contributed by atoms with van der Waals surface area (Å²) in [6.45, 7) is 1.48. The second-order valence-electron chi connectivity index (χ2n) is 5.24. The van der Waals surface area contributed by atoms with Crippen molar-refractivity contribution in [2.24, 2.45) is 0 Å². The largest absolute Gasteiger partial charge is 0.506 e. The maximum absolute atomic E-state index is 12.2.